The first-order valence-electron chi connectivity index (χ1n) is 15.2. The highest BCUT2D eigenvalue weighted by Gasteiger charge is 2.27. The van der Waals surface area contributed by atoms with Crippen molar-refractivity contribution in [2.45, 2.75) is 59.5 Å². The molecular formula is C35H40N4O5S. The maximum absolute atomic E-state index is 13.9. The third-order valence-corrected chi connectivity index (χ3v) is 8.54. The van der Waals surface area contributed by atoms with Crippen LogP contribution in [0, 0.1) is 0 Å². The molecule has 1 aliphatic heterocycles. The standard InChI is InChI=1S/C33H34N4O5S.C2H6/c1-4-21(5-2)35-32(39)27-11-10-23(29(37-27)33(40)41-3)24-17-28-26(30-20(12-14-42-28)13-15-43-30)16-25(24)31(38)36-22-8-6-19(18-34)7-9-22;1-2/h6-11,13,15-17,21H,4-5,12,14,18,34H2,1-3H3,(H,35,39)(H,36,38);1-2H3. The molecule has 10 heteroatoms. The number of ether oxygens (including phenoxy) is 2. The summed E-state index contributed by atoms with van der Waals surface area (Å²) in [5.74, 6) is -0.912. The molecule has 0 saturated heterocycles. The van der Waals surface area contributed by atoms with Crippen molar-refractivity contribution in [1.82, 2.24) is 10.3 Å². The first-order valence-corrected chi connectivity index (χ1v) is 16.1. The van der Waals surface area contributed by atoms with Crippen LogP contribution in [0.5, 0.6) is 5.75 Å². The Morgan fingerprint density at radius 1 is 0.978 bits per heavy atom. The molecule has 4 aromatic rings. The normalized spacial score (nSPS) is 11.6. The summed E-state index contributed by atoms with van der Waals surface area (Å²) in [7, 11) is 1.25. The molecule has 4 N–H and O–H groups in total. The number of pyridine rings is 1. The number of nitrogens with two attached hydrogens (primary N) is 1. The number of nitrogens with zero attached hydrogens (tertiary/aromatic N) is 1. The van der Waals surface area contributed by atoms with E-state index in [0.29, 0.717) is 41.3 Å². The van der Waals surface area contributed by atoms with Crippen LogP contribution < -0.4 is 21.1 Å². The number of carbonyl (C=O) groups excluding carboxylic acids is 3. The van der Waals surface area contributed by atoms with Gasteiger partial charge in [-0.25, -0.2) is 9.78 Å². The van der Waals surface area contributed by atoms with E-state index in [0.717, 1.165) is 40.8 Å². The maximum atomic E-state index is 13.9. The molecule has 9 nitrogen and oxygen atoms in total. The molecule has 0 spiro atoms. The van der Waals surface area contributed by atoms with Gasteiger partial charge in [0.15, 0.2) is 5.69 Å². The Balaban J connectivity index is 0.00000226. The number of aromatic nitrogens is 1. The van der Waals surface area contributed by atoms with E-state index in [1.165, 1.54) is 7.11 Å². The zero-order chi connectivity index (χ0) is 32.5. The zero-order valence-corrected chi connectivity index (χ0v) is 27.2. The number of methoxy groups -OCH3 is 1. The molecule has 0 aliphatic carbocycles. The number of fused-ring (bicyclic) bond motifs is 3. The fourth-order valence-electron chi connectivity index (χ4n) is 5.06. The highest BCUT2D eigenvalue weighted by Crippen LogP contribution is 2.43. The van der Waals surface area contributed by atoms with Crippen molar-refractivity contribution in [3.05, 3.63) is 88.1 Å². The van der Waals surface area contributed by atoms with Gasteiger partial charge in [-0.2, -0.15) is 0 Å². The summed E-state index contributed by atoms with van der Waals surface area (Å²) in [6, 6.07) is 16.1. The molecule has 5 rings (SSSR count). The van der Waals surface area contributed by atoms with Crippen LogP contribution in [-0.2, 0) is 17.7 Å². The molecule has 0 fully saturated rings. The summed E-state index contributed by atoms with van der Waals surface area (Å²) in [4.78, 5) is 45.5. The molecule has 0 radical (unpaired) electrons. The monoisotopic (exact) mass is 628 g/mol. The van der Waals surface area contributed by atoms with Gasteiger partial charge in [-0.15, -0.1) is 11.3 Å². The molecule has 0 bridgehead atoms. The molecule has 0 atom stereocenters. The van der Waals surface area contributed by atoms with E-state index in [4.69, 9.17) is 15.2 Å². The SMILES string of the molecule is CC.CCC(CC)NC(=O)c1ccc(-c2cc3c(cc2C(=O)Nc2ccc(CN)cc2)-c2sccc2CCO3)c(C(=O)OC)n1. The van der Waals surface area contributed by atoms with Crippen molar-refractivity contribution in [3.63, 3.8) is 0 Å². The summed E-state index contributed by atoms with van der Waals surface area (Å²) in [6.07, 6.45) is 2.25. The quantitative estimate of drug-likeness (QED) is 0.173. The molecule has 2 aromatic heterocycles. The van der Waals surface area contributed by atoms with Gasteiger partial charge in [0.05, 0.1) is 13.7 Å². The summed E-state index contributed by atoms with van der Waals surface area (Å²) < 4.78 is 11.2. The largest absolute Gasteiger partial charge is 0.493 e. The maximum Gasteiger partial charge on any atom is 0.357 e. The predicted octanol–water partition coefficient (Wildman–Crippen LogP) is 6.85. The lowest BCUT2D eigenvalue weighted by Gasteiger charge is -2.18. The summed E-state index contributed by atoms with van der Waals surface area (Å²) >= 11 is 1.58. The summed E-state index contributed by atoms with van der Waals surface area (Å²) in [6.45, 7) is 8.83. The highest BCUT2D eigenvalue weighted by molar-refractivity contribution is 7.13. The number of amides is 2. The lowest BCUT2D eigenvalue weighted by Crippen LogP contribution is -2.34. The minimum Gasteiger partial charge on any atom is -0.493 e. The van der Waals surface area contributed by atoms with Crippen LogP contribution >= 0.6 is 11.3 Å². The minimum absolute atomic E-state index is 0.0198. The first kappa shape index (κ1) is 33.4. The van der Waals surface area contributed by atoms with Crippen LogP contribution in [0.15, 0.2) is 60.0 Å². The van der Waals surface area contributed by atoms with Crippen LogP contribution in [0.4, 0.5) is 5.69 Å². The van der Waals surface area contributed by atoms with E-state index in [-0.39, 0.29) is 29.2 Å². The van der Waals surface area contributed by atoms with E-state index >= 15 is 0 Å². The van der Waals surface area contributed by atoms with Crippen LogP contribution in [0.3, 0.4) is 0 Å². The number of hydrogen-bond donors (Lipinski definition) is 3. The number of anilines is 1. The average molecular weight is 629 g/mol. The van der Waals surface area contributed by atoms with Crippen LogP contribution in [0.2, 0.25) is 0 Å². The first-order chi connectivity index (χ1) is 21.9. The second kappa shape index (κ2) is 15.5. The predicted molar refractivity (Wildman–Crippen MR) is 179 cm³/mol. The Bertz CT molecular complexity index is 1660. The Labute approximate surface area is 268 Å². The van der Waals surface area contributed by atoms with Gasteiger partial charge in [0.25, 0.3) is 11.8 Å². The van der Waals surface area contributed by atoms with Crippen LogP contribution in [0.1, 0.15) is 83.0 Å². The number of nitrogens with one attached hydrogen (secondary N) is 2. The van der Waals surface area contributed by atoms with Gasteiger partial charge in [-0.1, -0.05) is 39.8 Å². The second-order valence-electron chi connectivity index (χ2n) is 10.2. The van der Waals surface area contributed by atoms with Crippen molar-refractivity contribution >= 4 is 34.8 Å². The van der Waals surface area contributed by atoms with Gasteiger partial charge in [0.1, 0.15) is 11.4 Å². The number of rotatable bonds is 9. The molecule has 45 heavy (non-hydrogen) atoms. The van der Waals surface area contributed by atoms with E-state index in [9.17, 15) is 14.4 Å². The van der Waals surface area contributed by atoms with Gasteiger partial charge in [0, 0.05) is 51.8 Å². The molecule has 236 valence electrons. The lowest BCUT2D eigenvalue weighted by atomic mass is 9.93. The van der Waals surface area contributed by atoms with Crippen molar-refractivity contribution < 1.29 is 23.9 Å². The molecule has 2 aromatic carbocycles. The van der Waals surface area contributed by atoms with Gasteiger partial charge >= 0.3 is 5.97 Å². The Morgan fingerprint density at radius 3 is 2.38 bits per heavy atom. The van der Waals surface area contributed by atoms with Gasteiger partial charge in [-0.3, -0.25) is 9.59 Å². The molecule has 0 unspecified atom stereocenters. The average Bonchev–Trinajstić information content (AvgIpc) is 3.48. The van der Waals surface area contributed by atoms with Crippen molar-refractivity contribution in [1.29, 1.82) is 0 Å². The number of thiophene rings is 1. The smallest absolute Gasteiger partial charge is 0.357 e. The fraction of sp³-hybridized carbons (Fsp3) is 0.314. The number of hydrogen-bond acceptors (Lipinski definition) is 8. The topological polar surface area (TPSA) is 133 Å². The third kappa shape index (κ3) is 7.41. The number of esters is 1. The Morgan fingerprint density at radius 2 is 1.71 bits per heavy atom. The molecular weight excluding hydrogens is 588 g/mol. The second-order valence-corrected chi connectivity index (χ2v) is 11.1. The summed E-state index contributed by atoms with van der Waals surface area (Å²) in [5.41, 5.74) is 10.3. The highest BCUT2D eigenvalue weighted by atomic mass is 32.1. The minimum atomic E-state index is -0.729. The number of carbonyl (C=O) groups is 3. The van der Waals surface area contributed by atoms with Crippen molar-refractivity contribution in [3.8, 4) is 27.3 Å². The van der Waals surface area contributed by atoms with Crippen molar-refractivity contribution in [2.75, 3.05) is 19.0 Å². The molecule has 3 heterocycles. The van der Waals surface area contributed by atoms with Crippen molar-refractivity contribution in [2.24, 2.45) is 5.73 Å². The zero-order valence-electron chi connectivity index (χ0n) is 26.4. The van der Waals surface area contributed by atoms with Crippen LogP contribution in [0.25, 0.3) is 21.6 Å². The van der Waals surface area contributed by atoms with Crippen LogP contribution in [-0.4, -0.2) is 42.5 Å². The molecule has 2 amide bonds. The van der Waals surface area contributed by atoms with Gasteiger partial charge in [0.2, 0.25) is 0 Å². The Hall–Kier alpha value is -4.54. The molecule has 1 aliphatic rings. The lowest BCUT2D eigenvalue weighted by molar-refractivity contribution is 0.0594. The van der Waals surface area contributed by atoms with Gasteiger partial charge < -0.3 is 25.8 Å². The fourth-order valence-corrected chi connectivity index (χ4v) is 6.03. The number of benzene rings is 2. The summed E-state index contributed by atoms with van der Waals surface area (Å²) in [5, 5.41) is 7.95. The molecule has 0 saturated carbocycles. The van der Waals surface area contributed by atoms with Gasteiger partial charge in [-0.05, 0) is 71.8 Å². The van der Waals surface area contributed by atoms with E-state index < -0.39 is 5.97 Å². The van der Waals surface area contributed by atoms with E-state index in [1.807, 2.05) is 45.2 Å². The van der Waals surface area contributed by atoms with E-state index in [1.54, 1.807) is 47.7 Å². The third-order valence-electron chi connectivity index (χ3n) is 7.55. The Kier molecular flexibility index (Phi) is 11.5. The van der Waals surface area contributed by atoms with E-state index in [2.05, 4.69) is 21.7 Å².